The molecule has 20 heavy (non-hydrogen) atoms. The summed E-state index contributed by atoms with van der Waals surface area (Å²) in [6.45, 7) is 4.62. The molecule has 1 aromatic rings. The van der Waals surface area contributed by atoms with Crippen LogP contribution in [-0.4, -0.2) is 48.5 Å². The van der Waals surface area contributed by atoms with Gasteiger partial charge in [-0.15, -0.1) is 0 Å². The second-order valence-electron chi connectivity index (χ2n) is 6.40. The molecule has 3 heteroatoms. The molecule has 0 atom stereocenters. The molecule has 0 N–H and O–H groups in total. The Labute approximate surface area is 124 Å². The van der Waals surface area contributed by atoms with E-state index in [9.17, 15) is 0 Å². The van der Waals surface area contributed by atoms with Crippen LogP contribution in [0.15, 0.2) is 24.5 Å². The van der Waals surface area contributed by atoms with Gasteiger partial charge in [0.1, 0.15) is 0 Å². The van der Waals surface area contributed by atoms with Gasteiger partial charge in [0, 0.05) is 38.6 Å². The number of hydrogen-bond acceptors (Lipinski definition) is 3. The van der Waals surface area contributed by atoms with Gasteiger partial charge in [0.05, 0.1) is 0 Å². The summed E-state index contributed by atoms with van der Waals surface area (Å²) >= 11 is 0. The van der Waals surface area contributed by atoms with Crippen molar-refractivity contribution in [1.29, 1.82) is 0 Å². The average molecular weight is 275 g/mol. The summed E-state index contributed by atoms with van der Waals surface area (Å²) in [6, 6.07) is 4.28. The first kappa shape index (κ1) is 15.5. The maximum absolute atomic E-state index is 4.12. The maximum Gasteiger partial charge on any atom is 0.0271 e. The Morgan fingerprint density at radius 2 is 1.75 bits per heavy atom. The zero-order valence-electron chi connectivity index (χ0n) is 13.1. The van der Waals surface area contributed by atoms with Gasteiger partial charge in [-0.05, 0) is 50.6 Å². The first-order valence-electron chi connectivity index (χ1n) is 8.00. The molecule has 0 aliphatic heterocycles. The molecule has 3 nitrogen and oxygen atoms in total. The van der Waals surface area contributed by atoms with E-state index in [-0.39, 0.29) is 0 Å². The van der Waals surface area contributed by atoms with Crippen LogP contribution in [0, 0.1) is 5.92 Å². The van der Waals surface area contributed by atoms with Crippen LogP contribution >= 0.6 is 0 Å². The Balaban J connectivity index is 1.88. The summed E-state index contributed by atoms with van der Waals surface area (Å²) in [4.78, 5) is 9.02. The highest BCUT2D eigenvalue weighted by atomic mass is 15.2. The van der Waals surface area contributed by atoms with Gasteiger partial charge in [0.15, 0.2) is 0 Å². The first-order chi connectivity index (χ1) is 9.74. The Bertz CT molecular complexity index is 358. The van der Waals surface area contributed by atoms with Crippen molar-refractivity contribution >= 4 is 0 Å². The van der Waals surface area contributed by atoms with Gasteiger partial charge in [0.25, 0.3) is 0 Å². The molecule has 1 aliphatic carbocycles. The molecule has 0 aromatic carbocycles. The lowest BCUT2D eigenvalue weighted by molar-refractivity contribution is 0.179. The van der Waals surface area contributed by atoms with Crippen molar-refractivity contribution < 1.29 is 0 Å². The van der Waals surface area contributed by atoms with E-state index in [1.54, 1.807) is 0 Å². The molecular weight excluding hydrogens is 246 g/mol. The Hall–Kier alpha value is -0.930. The molecule has 0 saturated heterocycles. The van der Waals surface area contributed by atoms with Gasteiger partial charge in [-0.3, -0.25) is 9.88 Å². The van der Waals surface area contributed by atoms with Crippen molar-refractivity contribution in [3.05, 3.63) is 30.1 Å². The number of nitrogens with zero attached hydrogens (tertiary/aromatic N) is 3. The van der Waals surface area contributed by atoms with E-state index in [2.05, 4.69) is 41.0 Å². The molecule has 0 radical (unpaired) electrons. The van der Waals surface area contributed by atoms with Crippen LogP contribution in [0.5, 0.6) is 0 Å². The fourth-order valence-corrected chi connectivity index (χ4v) is 3.06. The summed E-state index contributed by atoms with van der Waals surface area (Å²) in [5, 5.41) is 0. The van der Waals surface area contributed by atoms with Gasteiger partial charge < -0.3 is 4.90 Å². The van der Waals surface area contributed by atoms with Crippen LogP contribution in [-0.2, 0) is 6.54 Å². The normalized spacial score (nSPS) is 17.0. The molecule has 1 saturated carbocycles. The molecule has 1 fully saturated rings. The number of hydrogen-bond donors (Lipinski definition) is 0. The third-order valence-corrected chi connectivity index (χ3v) is 4.26. The van der Waals surface area contributed by atoms with E-state index >= 15 is 0 Å². The SMILES string of the molecule is CN(C)CCN(Cc1ccncc1)CC1CCCCC1. The van der Waals surface area contributed by atoms with Gasteiger partial charge in [-0.2, -0.15) is 0 Å². The predicted octanol–water partition coefficient (Wildman–Crippen LogP) is 3.03. The molecule has 0 bridgehead atoms. The Morgan fingerprint density at radius 3 is 2.40 bits per heavy atom. The summed E-state index contributed by atoms with van der Waals surface area (Å²) in [7, 11) is 4.32. The van der Waals surface area contributed by atoms with Crippen molar-refractivity contribution in [2.24, 2.45) is 5.92 Å². The molecule has 1 aromatic heterocycles. The lowest BCUT2D eigenvalue weighted by atomic mass is 9.89. The standard InChI is InChI=1S/C17H29N3/c1-19(2)12-13-20(14-16-6-4-3-5-7-16)15-17-8-10-18-11-9-17/h8-11,16H,3-7,12-15H2,1-2H3. The number of likely N-dealkylation sites (N-methyl/N-ethyl adjacent to an activating group) is 1. The molecule has 2 rings (SSSR count). The highest BCUT2D eigenvalue weighted by Gasteiger charge is 2.17. The lowest BCUT2D eigenvalue weighted by Gasteiger charge is -2.30. The topological polar surface area (TPSA) is 19.4 Å². The summed E-state index contributed by atoms with van der Waals surface area (Å²) in [5.41, 5.74) is 1.38. The number of pyridine rings is 1. The molecule has 0 amide bonds. The Kier molecular flexibility index (Phi) is 6.48. The fraction of sp³-hybridized carbons (Fsp3) is 0.706. The number of aromatic nitrogens is 1. The quantitative estimate of drug-likeness (QED) is 0.762. The third kappa shape index (κ3) is 5.59. The van der Waals surface area contributed by atoms with Crippen molar-refractivity contribution in [2.75, 3.05) is 33.7 Å². The van der Waals surface area contributed by atoms with Crippen molar-refractivity contribution in [1.82, 2.24) is 14.8 Å². The van der Waals surface area contributed by atoms with E-state index in [4.69, 9.17) is 0 Å². The minimum absolute atomic E-state index is 0.910. The molecule has 1 aliphatic rings. The monoisotopic (exact) mass is 275 g/mol. The molecule has 1 heterocycles. The smallest absolute Gasteiger partial charge is 0.0271 e. The van der Waals surface area contributed by atoms with Crippen molar-refractivity contribution in [2.45, 2.75) is 38.6 Å². The van der Waals surface area contributed by atoms with Gasteiger partial charge in [-0.25, -0.2) is 0 Å². The van der Waals surface area contributed by atoms with Crippen LogP contribution in [0.2, 0.25) is 0 Å². The largest absolute Gasteiger partial charge is 0.308 e. The summed E-state index contributed by atoms with van der Waals surface area (Å²) < 4.78 is 0. The maximum atomic E-state index is 4.12. The molecule has 0 spiro atoms. The third-order valence-electron chi connectivity index (χ3n) is 4.26. The van der Waals surface area contributed by atoms with Crippen molar-refractivity contribution in [3.8, 4) is 0 Å². The minimum Gasteiger partial charge on any atom is -0.308 e. The van der Waals surface area contributed by atoms with Crippen LogP contribution in [0.4, 0.5) is 0 Å². The number of rotatable bonds is 7. The zero-order chi connectivity index (χ0) is 14.2. The van der Waals surface area contributed by atoms with E-state index in [0.717, 1.165) is 25.6 Å². The highest BCUT2D eigenvalue weighted by Crippen LogP contribution is 2.24. The lowest BCUT2D eigenvalue weighted by Crippen LogP contribution is -2.35. The van der Waals surface area contributed by atoms with Gasteiger partial charge in [-0.1, -0.05) is 19.3 Å². The fourth-order valence-electron chi connectivity index (χ4n) is 3.06. The summed E-state index contributed by atoms with van der Waals surface area (Å²) in [6.07, 6.45) is 11.0. The first-order valence-corrected chi connectivity index (χ1v) is 8.00. The van der Waals surface area contributed by atoms with Crippen LogP contribution in [0.25, 0.3) is 0 Å². The van der Waals surface area contributed by atoms with E-state index in [0.29, 0.717) is 0 Å². The van der Waals surface area contributed by atoms with Gasteiger partial charge >= 0.3 is 0 Å². The van der Waals surface area contributed by atoms with Crippen LogP contribution < -0.4 is 0 Å². The molecular formula is C17H29N3. The Morgan fingerprint density at radius 1 is 1.05 bits per heavy atom. The highest BCUT2D eigenvalue weighted by molar-refractivity contribution is 5.09. The molecule has 0 unspecified atom stereocenters. The second kappa shape index (κ2) is 8.38. The second-order valence-corrected chi connectivity index (χ2v) is 6.40. The van der Waals surface area contributed by atoms with E-state index in [1.807, 2.05) is 12.4 Å². The van der Waals surface area contributed by atoms with Gasteiger partial charge in [0.2, 0.25) is 0 Å². The van der Waals surface area contributed by atoms with E-state index < -0.39 is 0 Å². The predicted molar refractivity (Wildman–Crippen MR) is 84.6 cm³/mol. The average Bonchev–Trinajstić information content (AvgIpc) is 2.47. The van der Waals surface area contributed by atoms with Crippen LogP contribution in [0.1, 0.15) is 37.7 Å². The van der Waals surface area contributed by atoms with Crippen molar-refractivity contribution in [3.63, 3.8) is 0 Å². The van der Waals surface area contributed by atoms with Crippen LogP contribution in [0.3, 0.4) is 0 Å². The summed E-state index contributed by atoms with van der Waals surface area (Å²) in [5.74, 6) is 0.910. The van der Waals surface area contributed by atoms with E-state index in [1.165, 1.54) is 44.2 Å². The molecule has 112 valence electrons. The zero-order valence-corrected chi connectivity index (χ0v) is 13.1. The minimum atomic E-state index is 0.910.